The Kier molecular flexibility index (Phi) is 5.26. The second-order valence-corrected chi connectivity index (χ2v) is 6.33. The average molecular weight is 368 g/mol. The molecule has 3 N–H and O–H groups in total. The minimum Gasteiger partial charge on any atom is -0.399 e. The summed E-state index contributed by atoms with van der Waals surface area (Å²) < 4.78 is 0.787. The highest BCUT2D eigenvalue weighted by molar-refractivity contribution is 9.10. The molecule has 21 heavy (non-hydrogen) atoms. The molecule has 1 amide bonds. The van der Waals surface area contributed by atoms with E-state index in [0.717, 1.165) is 16.5 Å². The maximum Gasteiger partial charge on any atom is 0.251 e. The van der Waals surface area contributed by atoms with Crippen LogP contribution in [0.5, 0.6) is 0 Å². The molecule has 2 aromatic carbocycles. The molecule has 3 nitrogen and oxygen atoms in total. The first kappa shape index (κ1) is 15.9. The molecule has 0 aliphatic heterocycles. The Bertz CT molecular complexity index is 640. The lowest BCUT2D eigenvalue weighted by atomic mass is 10.1. The highest BCUT2D eigenvalue weighted by Crippen LogP contribution is 2.17. The fourth-order valence-corrected chi connectivity index (χ4v) is 2.84. The van der Waals surface area contributed by atoms with Gasteiger partial charge in [-0.05, 0) is 49.2 Å². The molecule has 0 aliphatic carbocycles. The Morgan fingerprint density at radius 3 is 2.76 bits per heavy atom. The Hall–Kier alpha value is -1.52. The standard InChI is InChI=1S/C16H16BrClN2O/c1-10(5-11-3-2-4-14(18)6-11)20-16(21)12-7-13(17)9-15(19)8-12/h2-4,6-10H,5,19H2,1H3,(H,20,21). The summed E-state index contributed by atoms with van der Waals surface area (Å²) in [6.45, 7) is 1.96. The number of nitrogens with two attached hydrogens (primary N) is 1. The lowest BCUT2D eigenvalue weighted by molar-refractivity contribution is 0.0940. The van der Waals surface area contributed by atoms with Crippen molar-refractivity contribution in [2.45, 2.75) is 19.4 Å². The van der Waals surface area contributed by atoms with Gasteiger partial charge in [-0.1, -0.05) is 39.7 Å². The molecule has 5 heteroatoms. The van der Waals surface area contributed by atoms with Crippen LogP contribution in [0, 0.1) is 0 Å². The number of rotatable bonds is 4. The van der Waals surface area contributed by atoms with Gasteiger partial charge in [0.15, 0.2) is 0 Å². The van der Waals surface area contributed by atoms with Gasteiger partial charge in [-0.2, -0.15) is 0 Å². The summed E-state index contributed by atoms with van der Waals surface area (Å²) in [4.78, 5) is 12.2. The molecular formula is C16H16BrClN2O. The first-order valence-corrected chi connectivity index (χ1v) is 7.72. The number of halogens is 2. The van der Waals surface area contributed by atoms with Crippen LogP contribution in [0.2, 0.25) is 5.02 Å². The average Bonchev–Trinajstić information content (AvgIpc) is 2.37. The van der Waals surface area contributed by atoms with Crippen molar-refractivity contribution in [1.29, 1.82) is 0 Å². The number of hydrogen-bond donors (Lipinski definition) is 2. The molecule has 0 saturated heterocycles. The number of anilines is 1. The molecule has 110 valence electrons. The molecule has 1 unspecified atom stereocenters. The van der Waals surface area contributed by atoms with Gasteiger partial charge < -0.3 is 11.1 Å². The summed E-state index contributed by atoms with van der Waals surface area (Å²) >= 11 is 9.29. The summed E-state index contributed by atoms with van der Waals surface area (Å²) in [6.07, 6.45) is 0.718. The Labute approximate surface area is 137 Å². The van der Waals surface area contributed by atoms with Crippen LogP contribution in [0.4, 0.5) is 5.69 Å². The Balaban J connectivity index is 2.02. The van der Waals surface area contributed by atoms with Gasteiger partial charge in [-0.3, -0.25) is 4.79 Å². The van der Waals surface area contributed by atoms with Crippen LogP contribution < -0.4 is 11.1 Å². The monoisotopic (exact) mass is 366 g/mol. The molecule has 0 aliphatic rings. The van der Waals surface area contributed by atoms with E-state index >= 15 is 0 Å². The fraction of sp³-hybridized carbons (Fsp3) is 0.188. The van der Waals surface area contributed by atoms with Crippen molar-refractivity contribution in [1.82, 2.24) is 5.32 Å². The van der Waals surface area contributed by atoms with Gasteiger partial charge in [0.2, 0.25) is 0 Å². The maximum atomic E-state index is 12.2. The molecule has 0 bridgehead atoms. The normalized spacial score (nSPS) is 12.0. The summed E-state index contributed by atoms with van der Waals surface area (Å²) in [6, 6.07) is 12.8. The predicted molar refractivity (Wildman–Crippen MR) is 90.6 cm³/mol. The van der Waals surface area contributed by atoms with Crippen molar-refractivity contribution in [3.63, 3.8) is 0 Å². The zero-order chi connectivity index (χ0) is 15.4. The van der Waals surface area contributed by atoms with Crippen LogP contribution in [0.1, 0.15) is 22.8 Å². The topological polar surface area (TPSA) is 55.1 Å². The molecule has 2 rings (SSSR count). The summed E-state index contributed by atoms with van der Waals surface area (Å²) in [7, 11) is 0. The van der Waals surface area contributed by atoms with Crippen LogP contribution in [0.3, 0.4) is 0 Å². The van der Waals surface area contributed by atoms with E-state index in [4.69, 9.17) is 17.3 Å². The van der Waals surface area contributed by atoms with E-state index in [1.165, 1.54) is 0 Å². The van der Waals surface area contributed by atoms with E-state index in [2.05, 4.69) is 21.2 Å². The number of benzene rings is 2. The number of amides is 1. The van der Waals surface area contributed by atoms with Gasteiger partial charge in [0.05, 0.1) is 0 Å². The van der Waals surface area contributed by atoms with Gasteiger partial charge in [-0.25, -0.2) is 0 Å². The van der Waals surface area contributed by atoms with Gasteiger partial charge in [0.25, 0.3) is 5.91 Å². The molecule has 2 aromatic rings. The molecule has 0 spiro atoms. The lowest BCUT2D eigenvalue weighted by Gasteiger charge is -2.14. The van der Waals surface area contributed by atoms with Gasteiger partial charge in [0.1, 0.15) is 0 Å². The van der Waals surface area contributed by atoms with Crippen molar-refractivity contribution >= 4 is 39.1 Å². The molecule has 1 atom stereocenters. The maximum absolute atomic E-state index is 12.2. The summed E-state index contributed by atoms with van der Waals surface area (Å²) in [5.74, 6) is -0.141. The van der Waals surface area contributed by atoms with E-state index in [0.29, 0.717) is 16.3 Å². The van der Waals surface area contributed by atoms with E-state index in [-0.39, 0.29) is 11.9 Å². The fourth-order valence-electron chi connectivity index (χ4n) is 2.12. The molecule has 0 heterocycles. The third kappa shape index (κ3) is 4.76. The summed E-state index contributed by atoms with van der Waals surface area (Å²) in [5.41, 5.74) is 7.92. The Morgan fingerprint density at radius 1 is 1.33 bits per heavy atom. The molecule has 0 fully saturated rings. The zero-order valence-corrected chi connectivity index (χ0v) is 13.9. The van der Waals surface area contributed by atoms with Crippen LogP contribution in [0.25, 0.3) is 0 Å². The van der Waals surface area contributed by atoms with Crippen molar-refractivity contribution in [2.24, 2.45) is 0 Å². The minimum absolute atomic E-state index is 0.00354. The third-order valence-electron chi connectivity index (χ3n) is 2.99. The second kappa shape index (κ2) is 6.96. The van der Waals surface area contributed by atoms with Crippen molar-refractivity contribution in [3.05, 3.63) is 63.1 Å². The number of hydrogen-bond acceptors (Lipinski definition) is 2. The van der Waals surface area contributed by atoms with E-state index in [9.17, 15) is 4.79 Å². The molecule has 0 radical (unpaired) electrons. The Morgan fingerprint density at radius 2 is 2.10 bits per heavy atom. The first-order valence-electron chi connectivity index (χ1n) is 6.55. The highest BCUT2D eigenvalue weighted by atomic mass is 79.9. The van der Waals surface area contributed by atoms with Crippen LogP contribution in [-0.4, -0.2) is 11.9 Å². The van der Waals surface area contributed by atoms with Gasteiger partial charge in [0, 0.05) is 26.8 Å². The first-order chi connectivity index (χ1) is 9.94. The summed E-state index contributed by atoms with van der Waals surface area (Å²) in [5, 5.41) is 3.66. The molecular weight excluding hydrogens is 352 g/mol. The SMILES string of the molecule is CC(Cc1cccc(Cl)c1)NC(=O)c1cc(N)cc(Br)c1. The smallest absolute Gasteiger partial charge is 0.251 e. The van der Waals surface area contributed by atoms with Crippen molar-refractivity contribution in [3.8, 4) is 0 Å². The molecule has 0 saturated carbocycles. The third-order valence-corrected chi connectivity index (χ3v) is 3.68. The lowest BCUT2D eigenvalue weighted by Crippen LogP contribution is -2.34. The molecule has 0 aromatic heterocycles. The number of carbonyl (C=O) groups excluding carboxylic acids is 1. The van der Waals surface area contributed by atoms with Crippen molar-refractivity contribution in [2.75, 3.05) is 5.73 Å². The quantitative estimate of drug-likeness (QED) is 0.801. The van der Waals surface area contributed by atoms with Crippen molar-refractivity contribution < 1.29 is 4.79 Å². The minimum atomic E-state index is -0.141. The van der Waals surface area contributed by atoms with Crippen LogP contribution in [-0.2, 0) is 6.42 Å². The number of nitrogens with one attached hydrogen (secondary N) is 1. The second-order valence-electron chi connectivity index (χ2n) is 4.98. The van der Waals surface area contributed by atoms with E-state index < -0.39 is 0 Å². The predicted octanol–water partition coefficient (Wildman–Crippen LogP) is 4.05. The number of nitrogen functional groups attached to an aromatic ring is 1. The van der Waals surface area contributed by atoms with Gasteiger partial charge in [-0.15, -0.1) is 0 Å². The van der Waals surface area contributed by atoms with Gasteiger partial charge >= 0.3 is 0 Å². The van der Waals surface area contributed by atoms with E-state index in [1.54, 1.807) is 18.2 Å². The number of carbonyl (C=O) groups is 1. The van der Waals surface area contributed by atoms with Crippen LogP contribution >= 0.6 is 27.5 Å². The van der Waals surface area contributed by atoms with E-state index in [1.807, 2.05) is 31.2 Å². The highest BCUT2D eigenvalue weighted by Gasteiger charge is 2.11. The zero-order valence-electron chi connectivity index (χ0n) is 11.6. The van der Waals surface area contributed by atoms with Crippen LogP contribution in [0.15, 0.2) is 46.9 Å². The largest absolute Gasteiger partial charge is 0.399 e.